The molecule has 1 aliphatic heterocycles. The number of thioether (sulfide) groups is 1. The smallest absolute Gasteiger partial charge is 0.257 e. The minimum absolute atomic E-state index is 0.113. The molecule has 31 heavy (non-hydrogen) atoms. The van der Waals surface area contributed by atoms with Gasteiger partial charge < -0.3 is 9.32 Å². The number of carbonyl (C=O) groups is 1. The molecule has 0 N–H and O–H groups in total. The third kappa shape index (κ3) is 7.73. The van der Waals surface area contributed by atoms with Crippen molar-refractivity contribution in [2.24, 2.45) is 0 Å². The lowest BCUT2D eigenvalue weighted by Crippen LogP contribution is -2.32. The number of carbonyl (C=O) groups excluding carboxylic acids is 1. The number of aromatic nitrogens is 1. The van der Waals surface area contributed by atoms with Crippen LogP contribution in [0.1, 0.15) is 67.2 Å². The number of nitrogens with zero attached hydrogens (tertiary/aromatic N) is 2. The summed E-state index contributed by atoms with van der Waals surface area (Å²) in [6.07, 6.45) is 12.7. The van der Waals surface area contributed by atoms with E-state index in [1.54, 1.807) is 0 Å². The van der Waals surface area contributed by atoms with Gasteiger partial charge in [-0.3, -0.25) is 4.79 Å². The number of oxazole rings is 1. The minimum Gasteiger partial charge on any atom is -0.431 e. The molecule has 170 valence electrons. The van der Waals surface area contributed by atoms with Crippen LogP contribution < -0.4 is 0 Å². The number of benzene rings is 1. The Morgan fingerprint density at radius 3 is 2.48 bits per heavy atom. The fourth-order valence-corrected chi connectivity index (χ4v) is 3.93. The van der Waals surface area contributed by atoms with Gasteiger partial charge in [-0.05, 0) is 49.5 Å². The summed E-state index contributed by atoms with van der Waals surface area (Å²) < 4.78 is 5.70. The first-order valence-corrected chi connectivity index (χ1v) is 12.6. The summed E-state index contributed by atoms with van der Waals surface area (Å²) in [6.45, 7) is 12.8. The summed E-state index contributed by atoms with van der Waals surface area (Å²) in [5, 5.41) is 0.551. The van der Waals surface area contributed by atoms with Crippen molar-refractivity contribution in [3.05, 3.63) is 59.8 Å². The fourth-order valence-electron chi connectivity index (χ4n) is 3.21. The first-order valence-electron chi connectivity index (χ1n) is 11.7. The molecule has 0 saturated heterocycles. The van der Waals surface area contributed by atoms with Crippen LogP contribution in [0, 0.1) is 0 Å². The highest BCUT2D eigenvalue weighted by atomic mass is 32.2. The van der Waals surface area contributed by atoms with Gasteiger partial charge >= 0.3 is 0 Å². The molecule has 0 bridgehead atoms. The summed E-state index contributed by atoms with van der Waals surface area (Å²) in [5.74, 6) is 0.447. The van der Waals surface area contributed by atoms with Crippen molar-refractivity contribution in [3.63, 3.8) is 0 Å². The average molecular weight is 443 g/mol. The van der Waals surface area contributed by atoms with Crippen molar-refractivity contribution < 1.29 is 9.21 Å². The first kappa shape index (κ1) is 26.8. The van der Waals surface area contributed by atoms with Gasteiger partial charge in [0.1, 0.15) is 5.52 Å². The van der Waals surface area contributed by atoms with E-state index in [2.05, 4.69) is 29.3 Å². The second-order valence-corrected chi connectivity index (χ2v) is 7.12. The number of rotatable bonds is 3. The van der Waals surface area contributed by atoms with Crippen LogP contribution in [-0.2, 0) is 4.79 Å². The summed E-state index contributed by atoms with van der Waals surface area (Å²) in [4.78, 5) is 19.2. The largest absolute Gasteiger partial charge is 0.431 e. The summed E-state index contributed by atoms with van der Waals surface area (Å²) in [5.41, 5.74) is 3.92. The molecule has 1 aliphatic carbocycles. The van der Waals surface area contributed by atoms with Gasteiger partial charge in [0, 0.05) is 12.2 Å². The highest BCUT2D eigenvalue weighted by molar-refractivity contribution is 7.99. The normalized spacial score (nSPS) is 14.7. The summed E-state index contributed by atoms with van der Waals surface area (Å²) >= 11 is 1.37. The lowest BCUT2D eigenvalue weighted by molar-refractivity contribution is -0.126. The van der Waals surface area contributed by atoms with Crippen LogP contribution in [0.5, 0.6) is 0 Å². The van der Waals surface area contributed by atoms with Crippen LogP contribution in [0.15, 0.2) is 69.5 Å². The number of para-hydroxylation sites is 2. The molecular formula is C26H38N2O2S. The van der Waals surface area contributed by atoms with Gasteiger partial charge in [0.05, 0.1) is 5.75 Å². The maximum atomic E-state index is 12.9. The van der Waals surface area contributed by atoms with Crippen molar-refractivity contribution in [1.82, 2.24) is 9.88 Å². The molecule has 4 nitrogen and oxygen atoms in total. The SMILES string of the molecule is CC.CC.CC.O=C(CSc1nc2ccccc2o1)N1CCCCC2=C1C=CCC=C2. The molecule has 0 radical (unpaired) electrons. The van der Waals surface area contributed by atoms with Crippen molar-refractivity contribution in [2.45, 2.75) is 72.4 Å². The highest BCUT2D eigenvalue weighted by Crippen LogP contribution is 2.28. The number of fused-ring (bicyclic) bond motifs is 1. The predicted octanol–water partition coefficient (Wildman–Crippen LogP) is 7.78. The molecule has 2 heterocycles. The quantitative estimate of drug-likeness (QED) is 0.455. The molecule has 2 aliphatic rings. The number of hydrogen-bond donors (Lipinski definition) is 0. The van der Waals surface area contributed by atoms with Gasteiger partial charge in [-0.25, -0.2) is 4.98 Å². The molecule has 4 rings (SSSR count). The van der Waals surface area contributed by atoms with E-state index in [-0.39, 0.29) is 5.91 Å². The van der Waals surface area contributed by atoms with Crippen LogP contribution in [0.4, 0.5) is 0 Å². The van der Waals surface area contributed by atoms with E-state index >= 15 is 0 Å². The molecule has 0 saturated carbocycles. The second kappa shape index (κ2) is 15.5. The molecule has 5 heteroatoms. The van der Waals surface area contributed by atoms with Crippen LogP contribution in [0.2, 0.25) is 0 Å². The molecule has 1 amide bonds. The number of allylic oxidation sites excluding steroid dienone is 5. The second-order valence-electron chi connectivity index (χ2n) is 6.19. The van der Waals surface area contributed by atoms with Crippen molar-refractivity contribution in [2.75, 3.05) is 12.3 Å². The van der Waals surface area contributed by atoms with Gasteiger partial charge in [0.25, 0.3) is 5.22 Å². The Morgan fingerprint density at radius 1 is 1.03 bits per heavy atom. The summed E-state index contributed by atoms with van der Waals surface area (Å²) in [7, 11) is 0. The van der Waals surface area contributed by atoms with E-state index in [1.807, 2.05) is 70.7 Å². The van der Waals surface area contributed by atoms with Gasteiger partial charge in [-0.15, -0.1) is 0 Å². The van der Waals surface area contributed by atoms with Crippen LogP contribution in [-0.4, -0.2) is 28.1 Å². The zero-order chi connectivity index (χ0) is 23.1. The standard InChI is InChI=1S/C20H20N2O2S.3C2H6/c23-19(14-25-20-21-16-10-4-5-12-18(16)24-20)22-13-7-6-9-15-8-2-1-3-11-17(15)22;3*1-2/h2-5,8,10-12H,1,6-7,9,13-14H2;3*1-2H3. The zero-order valence-corrected chi connectivity index (χ0v) is 20.8. The lowest BCUT2D eigenvalue weighted by atomic mass is 10.1. The fraction of sp³-hybridized carbons (Fsp3) is 0.462. The topological polar surface area (TPSA) is 46.3 Å². The third-order valence-corrected chi connectivity index (χ3v) is 5.27. The van der Waals surface area contributed by atoms with Crippen LogP contribution in [0.25, 0.3) is 11.1 Å². The number of amides is 1. The van der Waals surface area contributed by atoms with Crippen LogP contribution in [0.3, 0.4) is 0 Å². The van der Waals surface area contributed by atoms with E-state index < -0.39 is 0 Å². The zero-order valence-electron chi connectivity index (χ0n) is 20.0. The van der Waals surface area contributed by atoms with Crippen molar-refractivity contribution >= 4 is 28.8 Å². The Labute approximate surface area is 192 Å². The summed E-state index contributed by atoms with van der Waals surface area (Å²) in [6, 6.07) is 7.66. The molecule has 0 unspecified atom stereocenters. The van der Waals surface area contributed by atoms with Gasteiger partial charge in [0.15, 0.2) is 5.58 Å². The Kier molecular flexibility index (Phi) is 13.4. The third-order valence-electron chi connectivity index (χ3n) is 4.46. The molecular weight excluding hydrogens is 404 g/mol. The molecule has 1 aromatic heterocycles. The van der Waals surface area contributed by atoms with E-state index in [0.29, 0.717) is 11.0 Å². The van der Waals surface area contributed by atoms with Gasteiger partial charge in [-0.2, -0.15) is 0 Å². The first-order chi connectivity index (χ1) is 15.3. The molecule has 0 atom stereocenters. The van der Waals surface area contributed by atoms with Gasteiger partial charge in [0.2, 0.25) is 5.91 Å². The van der Waals surface area contributed by atoms with E-state index in [9.17, 15) is 4.79 Å². The molecule has 1 aromatic carbocycles. The Hall–Kier alpha value is -2.27. The highest BCUT2D eigenvalue weighted by Gasteiger charge is 2.22. The van der Waals surface area contributed by atoms with Crippen molar-refractivity contribution in [1.29, 1.82) is 0 Å². The maximum Gasteiger partial charge on any atom is 0.257 e. The van der Waals surface area contributed by atoms with Crippen LogP contribution >= 0.6 is 11.8 Å². The van der Waals surface area contributed by atoms with Gasteiger partial charge in [-0.1, -0.05) is 83.7 Å². The minimum atomic E-state index is 0.113. The number of hydrogen-bond acceptors (Lipinski definition) is 4. The Morgan fingerprint density at radius 2 is 1.74 bits per heavy atom. The lowest BCUT2D eigenvalue weighted by Gasteiger charge is -2.23. The molecule has 0 spiro atoms. The Bertz CT molecular complexity index is 847. The monoisotopic (exact) mass is 442 g/mol. The van der Waals surface area contributed by atoms with Crippen molar-refractivity contribution in [3.8, 4) is 0 Å². The van der Waals surface area contributed by atoms with E-state index in [1.165, 1.54) is 17.3 Å². The van der Waals surface area contributed by atoms with E-state index in [4.69, 9.17) is 4.42 Å². The predicted molar refractivity (Wildman–Crippen MR) is 134 cm³/mol. The molecule has 0 fully saturated rings. The molecule has 2 aromatic rings. The maximum absolute atomic E-state index is 12.9. The Balaban J connectivity index is 0.000000739. The van der Waals surface area contributed by atoms with E-state index in [0.717, 1.165) is 49.0 Å². The average Bonchev–Trinajstić information content (AvgIpc) is 2.97.